The molecule has 8 heteroatoms. The van der Waals surface area contributed by atoms with Crippen molar-refractivity contribution in [3.8, 4) is 5.69 Å². The Bertz CT molecular complexity index is 1280. The van der Waals surface area contributed by atoms with E-state index in [2.05, 4.69) is 5.10 Å². The average Bonchev–Trinajstić information content (AvgIpc) is 3.03. The van der Waals surface area contributed by atoms with Gasteiger partial charge < -0.3 is 4.90 Å². The number of sulfonamides is 1. The molecule has 1 aliphatic heterocycles. The smallest absolute Gasteiger partial charge is 0.271 e. The Hall–Kier alpha value is -2.97. The van der Waals surface area contributed by atoms with Crippen molar-refractivity contribution in [1.29, 1.82) is 0 Å². The molecule has 0 radical (unpaired) electrons. The minimum atomic E-state index is -3.58. The van der Waals surface area contributed by atoms with Crippen LogP contribution in [0.5, 0.6) is 0 Å². The quantitative estimate of drug-likeness (QED) is 0.608. The van der Waals surface area contributed by atoms with Gasteiger partial charge in [0.25, 0.3) is 5.56 Å². The Morgan fingerprint density at radius 3 is 2.28 bits per heavy atom. The maximum absolute atomic E-state index is 13.3. The standard InChI is InChI=1S/C24H28N4O3S/c1-18-6-9-21(10-7-18)28-24(29)12-11-23(25-28)26-13-4-14-27(16-15-26)32(30,31)22-17-19(2)5-8-20(22)3/h5-12,17H,4,13-16H2,1-3H3. The van der Waals surface area contributed by atoms with Crippen molar-refractivity contribution in [3.63, 3.8) is 0 Å². The molecule has 1 saturated heterocycles. The molecule has 4 rings (SSSR count). The van der Waals surface area contributed by atoms with Gasteiger partial charge in [0.15, 0.2) is 0 Å². The van der Waals surface area contributed by atoms with Crippen molar-refractivity contribution in [2.45, 2.75) is 32.1 Å². The predicted molar refractivity (Wildman–Crippen MR) is 126 cm³/mol. The molecule has 2 aromatic carbocycles. The van der Waals surface area contributed by atoms with Gasteiger partial charge in [-0.3, -0.25) is 4.79 Å². The highest BCUT2D eigenvalue weighted by atomic mass is 32.2. The first kappa shape index (κ1) is 22.2. The first-order chi connectivity index (χ1) is 15.3. The molecule has 0 spiro atoms. The third-order valence-corrected chi connectivity index (χ3v) is 7.85. The number of aromatic nitrogens is 2. The summed E-state index contributed by atoms with van der Waals surface area (Å²) in [6.07, 6.45) is 0.676. The Morgan fingerprint density at radius 1 is 0.812 bits per heavy atom. The van der Waals surface area contributed by atoms with Crippen LogP contribution in [0.15, 0.2) is 64.3 Å². The van der Waals surface area contributed by atoms with E-state index in [1.807, 2.05) is 62.1 Å². The second kappa shape index (κ2) is 8.88. The van der Waals surface area contributed by atoms with Crippen LogP contribution in [0.25, 0.3) is 5.69 Å². The van der Waals surface area contributed by atoms with Crippen LogP contribution in [0.4, 0.5) is 5.82 Å². The predicted octanol–water partition coefficient (Wildman–Crippen LogP) is 3.06. The number of benzene rings is 2. The van der Waals surface area contributed by atoms with Gasteiger partial charge in [0.05, 0.1) is 10.6 Å². The van der Waals surface area contributed by atoms with Gasteiger partial charge in [0.2, 0.25) is 10.0 Å². The highest BCUT2D eigenvalue weighted by molar-refractivity contribution is 7.89. The molecule has 0 unspecified atom stereocenters. The fourth-order valence-electron chi connectivity index (χ4n) is 3.93. The van der Waals surface area contributed by atoms with Crippen LogP contribution < -0.4 is 10.5 Å². The number of nitrogens with zero attached hydrogens (tertiary/aromatic N) is 4. The highest BCUT2D eigenvalue weighted by Gasteiger charge is 2.28. The Balaban J connectivity index is 1.57. The van der Waals surface area contributed by atoms with Crippen molar-refractivity contribution in [1.82, 2.24) is 14.1 Å². The maximum Gasteiger partial charge on any atom is 0.271 e. The van der Waals surface area contributed by atoms with Crippen LogP contribution in [-0.2, 0) is 10.0 Å². The molecule has 168 valence electrons. The molecule has 3 aromatic rings. The number of hydrogen-bond donors (Lipinski definition) is 0. The zero-order valence-corrected chi connectivity index (χ0v) is 19.5. The van der Waals surface area contributed by atoms with Crippen LogP contribution >= 0.6 is 0 Å². The van der Waals surface area contributed by atoms with E-state index in [-0.39, 0.29) is 5.56 Å². The van der Waals surface area contributed by atoms with Gasteiger partial charge >= 0.3 is 0 Å². The van der Waals surface area contributed by atoms with Gasteiger partial charge in [-0.1, -0.05) is 29.8 Å². The molecule has 32 heavy (non-hydrogen) atoms. The van der Waals surface area contributed by atoms with Gasteiger partial charge in [-0.15, -0.1) is 5.10 Å². The maximum atomic E-state index is 13.3. The van der Waals surface area contributed by atoms with Gasteiger partial charge in [-0.25, -0.2) is 8.42 Å². The molecule has 2 heterocycles. The molecule has 0 aliphatic carbocycles. The lowest BCUT2D eigenvalue weighted by atomic mass is 10.2. The number of rotatable bonds is 4. The zero-order chi connectivity index (χ0) is 22.9. The van der Waals surface area contributed by atoms with E-state index < -0.39 is 10.0 Å². The monoisotopic (exact) mass is 452 g/mol. The Labute approximate surface area is 189 Å². The van der Waals surface area contributed by atoms with Crippen molar-refractivity contribution in [3.05, 3.63) is 81.6 Å². The van der Waals surface area contributed by atoms with Crippen molar-refractivity contribution in [2.75, 3.05) is 31.1 Å². The zero-order valence-electron chi connectivity index (χ0n) is 18.7. The molecule has 0 amide bonds. The Morgan fingerprint density at radius 2 is 1.53 bits per heavy atom. The summed E-state index contributed by atoms with van der Waals surface area (Å²) >= 11 is 0. The SMILES string of the molecule is Cc1ccc(-n2nc(N3CCCN(S(=O)(=O)c4cc(C)ccc4C)CC3)ccc2=O)cc1. The lowest BCUT2D eigenvalue weighted by Gasteiger charge is -2.23. The van der Waals surface area contributed by atoms with Crippen LogP contribution in [-0.4, -0.2) is 48.7 Å². The normalized spacial score (nSPS) is 15.5. The summed E-state index contributed by atoms with van der Waals surface area (Å²) in [5.41, 5.74) is 3.29. The minimum Gasteiger partial charge on any atom is -0.354 e. The third kappa shape index (κ3) is 4.47. The van der Waals surface area contributed by atoms with E-state index in [4.69, 9.17) is 0 Å². The second-order valence-electron chi connectivity index (χ2n) is 8.29. The Kier molecular flexibility index (Phi) is 6.17. The summed E-state index contributed by atoms with van der Waals surface area (Å²) in [6.45, 7) is 7.70. The van der Waals surface area contributed by atoms with Gasteiger partial charge in [0.1, 0.15) is 5.82 Å². The van der Waals surface area contributed by atoms with E-state index in [1.54, 1.807) is 16.4 Å². The summed E-state index contributed by atoms with van der Waals surface area (Å²) < 4.78 is 29.6. The van der Waals surface area contributed by atoms with Crippen molar-refractivity contribution < 1.29 is 8.42 Å². The molecule has 1 aromatic heterocycles. The molecule has 0 atom stereocenters. The average molecular weight is 453 g/mol. The number of anilines is 1. The fraction of sp³-hybridized carbons (Fsp3) is 0.333. The number of hydrogen-bond acceptors (Lipinski definition) is 5. The molecule has 0 bridgehead atoms. The molecule has 1 aliphatic rings. The number of aryl methyl sites for hydroxylation is 3. The lowest BCUT2D eigenvalue weighted by molar-refractivity contribution is 0.432. The van der Waals surface area contributed by atoms with Crippen molar-refractivity contribution in [2.24, 2.45) is 0 Å². The van der Waals surface area contributed by atoms with E-state index in [0.717, 1.165) is 16.7 Å². The van der Waals surface area contributed by atoms with Gasteiger partial charge in [0, 0.05) is 32.2 Å². The van der Waals surface area contributed by atoms with Crippen LogP contribution in [0.3, 0.4) is 0 Å². The second-order valence-corrected chi connectivity index (χ2v) is 10.2. The molecule has 0 N–H and O–H groups in total. The van der Waals surface area contributed by atoms with Gasteiger partial charge in [-0.05, 0) is 62.6 Å². The first-order valence-electron chi connectivity index (χ1n) is 10.8. The first-order valence-corrected chi connectivity index (χ1v) is 12.2. The summed E-state index contributed by atoms with van der Waals surface area (Å²) in [5.74, 6) is 0.663. The fourth-order valence-corrected chi connectivity index (χ4v) is 5.71. The lowest BCUT2D eigenvalue weighted by Crippen LogP contribution is -2.36. The molecule has 7 nitrogen and oxygen atoms in total. The summed E-state index contributed by atoms with van der Waals surface area (Å²) in [5, 5.41) is 4.57. The van der Waals surface area contributed by atoms with E-state index in [1.165, 1.54) is 10.7 Å². The molecule has 0 saturated carbocycles. The van der Waals surface area contributed by atoms with Crippen LogP contribution in [0.1, 0.15) is 23.1 Å². The molecular weight excluding hydrogens is 424 g/mol. The highest BCUT2D eigenvalue weighted by Crippen LogP contribution is 2.23. The van der Waals surface area contributed by atoms with Gasteiger partial charge in [-0.2, -0.15) is 8.99 Å². The topological polar surface area (TPSA) is 75.5 Å². The summed E-state index contributed by atoms with van der Waals surface area (Å²) in [7, 11) is -3.58. The van der Waals surface area contributed by atoms with E-state index >= 15 is 0 Å². The largest absolute Gasteiger partial charge is 0.354 e. The van der Waals surface area contributed by atoms with Crippen LogP contribution in [0.2, 0.25) is 0 Å². The van der Waals surface area contributed by atoms with Crippen molar-refractivity contribution >= 4 is 15.8 Å². The van der Waals surface area contributed by atoms with E-state index in [0.29, 0.717) is 49.0 Å². The molecular formula is C24H28N4O3S. The summed E-state index contributed by atoms with van der Waals surface area (Å²) in [4.78, 5) is 14.8. The van der Waals surface area contributed by atoms with Crippen LogP contribution in [0, 0.1) is 20.8 Å². The van der Waals surface area contributed by atoms with E-state index in [9.17, 15) is 13.2 Å². The molecule has 1 fully saturated rings. The summed E-state index contributed by atoms with van der Waals surface area (Å²) in [6, 6.07) is 16.4. The third-order valence-electron chi connectivity index (χ3n) is 5.81. The minimum absolute atomic E-state index is 0.202.